The monoisotopic (exact) mass is 247 g/mol. The van der Waals surface area contributed by atoms with Gasteiger partial charge < -0.3 is 10.4 Å². The molecule has 1 amide bonds. The van der Waals surface area contributed by atoms with Gasteiger partial charge in [0.25, 0.3) is 5.91 Å². The quantitative estimate of drug-likeness (QED) is 0.762. The van der Waals surface area contributed by atoms with E-state index in [1.165, 1.54) is 0 Å². The van der Waals surface area contributed by atoms with Crippen molar-refractivity contribution in [2.45, 2.75) is 19.9 Å². The molecule has 2 aromatic rings. The number of carbonyl (C=O) groups is 1. The van der Waals surface area contributed by atoms with E-state index in [1.807, 2.05) is 19.9 Å². The Bertz CT molecular complexity index is 548. The molecule has 0 spiro atoms. The van der Waals surface area contributed by atoms with Gasteiger partial charge in [-0.25, -0.2) is 0 Å². The van der Waals surface area contributed by atoms with Gasteiger partial charge in [0.05, 0.1) is 24.4 Å². The van der Waals surface area contributed by atoms with Crippen molar-refractivity contribution in [2.75, 3.05) is 6.61 Å². The van der Waals surface area contributed by atoms with Crippen LogP contribution in [0.25, 0.3) is 10.9 Å². The van der Waals surface area contributed by atoms with Gasteiger partial charge in [0, 0.05) is 10.9 Å². The van der Waals surface area contributed by atoms with E-state index in [-0.39, 0.29) is 24.5 Å². The van der Waals surface area contributed by atoms with Crippen LogP contribution < -0.4 is 5.32 Å². The molecule has 0 saturated carbocycles. The predicted molar refractivity (Wildman–Crippen MR) is 69.3 cm³/mol. The minimum absolute atomic E-state index is 0.0598. The second kappa shape index (κ2) is 5.18. The Morgan fingerprint density at radius 1 is 1.50 bits per heavy atom. The van der Waals surface area contributed by atoms with E-state index in [2.05, 4.69) is 15.5 Å². The van der Waals surface area contributed by atoms with E-state index >= 15 is 0 Å². The molecule has 3 N–H and O–H groups in total. The van der Waals surface area contributed by atoms with Crippen molar-refractivity contribution in [3.8, 4) is 0 Å². The molecular weight excluding hydrogens is 230 g/mol. The van der Waals surface area contributed by atoms with E-state index in [0.717, 1.165) is 10.9 Å². The molecule has 0 aliphatic heterocycles. The average Bonchev–Trinajstić information content (AvgIpc) is 2.82. The van der Waals surface area contributed by atoms with E-state index < -0.39 is 0 Å². The number of nitrogens with zero attached hydrogens (tertiary/aromatic N) is 1. The number of amides is 1. The molecule has 0 saturated heterocycles. The third kappa shape index (κ3) is 2.51. The van der Waals surface area contributed by atoms with E-state index in [0.29, 0.717) is 5.56 Å². The second-order valence-corrected chi connectivity index (χ2v) is 4.68. The van der Waals surface area contributed by atoms with Gasteiger partial charge in [0.1, 0.15) is 0 Å². The van der Waals surface area contributed by atoms with Crippen LogP contribution in [0.4, 0.5) is 0 Å². The van der Waals surface area contributed by atoms with Crippen LogP contribution in [-0.2, 0) is 0 Å². The van der Waals surface area contributed by atoms with E-state index in [9.17, 15) is 9.90 Å². The highest BCUT2D eigenvalue weighted by atomic mass is 16.3. The molecule has 1 aromatic carbocycles. The maximum Gasteiger partial charge on any atom is 0.251 e. The molecule has 0 aliphatic rings. The standard InChI is InChI=1S/C13H17N3O2/c1-8(2)12(7-17)15-13(18)9-3-4-10-6-14-16-11(10)5-9/h3-6,8,12,17H,7H2,1-2H3,(H,14,16)(H,15,18)/t12-/m1/s1. The Morgan fingerprint density at radius 2 is 2.28 bits per heavy atom. The van der Waals surface area contributed by atoms with Crippen LogP contribution in [-0.4, -0.2) is 33.9 Å². The summed E-state index contributed by atoms with van der Waals surface area (Å²) < 4.78 is 0. The fourth-order valence-electron chi connectivity index (χ4n) is 1.75. The topological polar surface area (TPSA) is 78.0 Å². The maximum atomic E-state index is 12.0. The highest BCUT2D eigenvalue weighted by Gasteiger charge is 2.16. The molecule has 0 radical (unpaired) electrons. The Morgan fingerprint density at radius 3 is 2.94 bits per heavy atom. The first-order valence-electron chi connectivity index (χ1n) is 5.96. The number of carbonyl (C=O) groups excluding carboxylic acids is 1. The highest BCUT2D eigenvalue weighted by Crippen LogP contribution is 2.13. The summed E-state index contributed by atoms with van der Waals surface area (Å²) in [5.74, 6) is 0.00841. The first-order valence-corrected chi connectivity index (χ1v) is 5.96. The Balaban J connectivity index is 2.17. The zero-order chi connectivity index (χ0) is 13.1. The van der Waals surface area contributed by atoms with Crippen molar-refractivity contribution >= 4 is 16.8 Å². The normalized spacial score (nSPS) is 12.9. The zero-order valence-electron chi connectivity index (χ0n) is 10.5. The number of hydrogen-bond acceptors (Lipinski definition) is 3. The fraction of sp³-hybridized carbons (Fsp3) is 0.385. The van der Waals surface area contributed by atoms with Gasteiger partial charge in [-0.3, -0.25) is 9.89 Å². The molecule has 5 nitrogen and oxygen atoms in total. The lowest BCUT2D eigenvalue weighted by atomic mass is 10.0. The third-order valence-electron chi connectivity index (χ3n) is 3.02. The number of benzene rings is 1. The van der Waals surface area contributed by atoms with Crippen LogP contribution in [0, 0.1) is 5.92 Å². The number of aromatic nitrogens is 2. The highest BCUT2D eigenvalue weighted by molar-refractivity contribution is 5.97. The summed E-state index contributed by atoms with van der Waals surface area (Å²) in [6, 6.07) is 5.13. The number of rotatable bonds is 4. The minimum atomic E-state index is -0.227. The van der Waals surface area contributed by atoms with E-state index in [1.54, 1.807) is 18.3 Å². The zero-order valence-corrected chi connectivity index (χ0v) is 10.5. The lowest BCUT2D eigenvalue weighted by molar-refractivity contribution is 0.0897. The SMILES string of the molecule is CC(C)[C@@H](CO)NC(=O)c1ccc2cn[nH]c2c1. The maximum absolute atomic E-state index is 12.0. The summed E-state index contributed by atoms with van der Waals surface area (Å²) in [5, 5.41) is 19.7. The van der Waals surface area contributed by atoms with Gasteiger partial charge in [-0.05, 0) is 18.1 Å². The van der Waals surface area contributed by atoms with Gasteiger partial charge in [0.15, 0.2) is 0 Å². The summed E-state index contributed by atoms with van der Waals surface area (Å²) in [6.07, 6.45) is 1.71. The number of aromatic amines is 1. The molecule has 2 rings (SSSR count). The van der Waals surface area contributed by atoms with Crippen LogP contribution in [0.15, 0.2) is 24.4 Å². The Labute approximate surface area is 105 Å². The molecular formula is C13H17N3O2. The molecule has 96 valence electrons. The molecule has 0 bridgehead atoms. The molecule has 1 atom stereocenters. The molecule has 1 heterocycles. The number of fused-ring (bicyclic) bond motifs is 1. The summed E-state index contributed by atoms with van der Waals surface area (Å²) in [7, 11) is 0. The summed E-state index contributed by atoms with van der Waals surface area (Å²) in [5.41, 5.74) is 1.39. The molecule has 0 fully saturated rings. The number of aliphatic hydroxyl groups excluding tert-OH is 1. The van der Waals surface area contributed by atoms with Crippen LogP contribution in [0.2, 0.25) is 0 Å². The van der Waals surface area contributed by atoms with Crippen molar-refractivity contribution in [1.29, 1.82) is 0 Å². The van der Waals surface area contributed by atoms with Gasteiger partial charge in [0.2, 0.25) is 0 Å². The van der Waals surface area contributed by atoms with Crippen LogP contribution in [0.3, 0.4) is 0 Å². The number of nitrogens with one attached hydrogen (secondary N) is 2. The van der Waals surface area contributed by atoms with Gasteiger partial charge in [-0.15, -0.1) is 0 Å². The first-order chi connectivity index (χ1) is 8.61. The molecule has 1 aromatic heterocycles. The van der Waals surface area contributed by atoms with Crippen molar-refractivity contribution in [3.63, 3.8) is 0 Å². The smallest absolute Gasteiger partial charge is 0.251 e. The van der Waals surface area contributed by atoms with Crippen molar-refractivity contribution < 1.29 is 9.90 Å². The van der Waals surface area contributed by atoms with Crippen molar-refractivity contribution in [2.24, 2.45) is 5.92 Å². The third-order valence-corrected chi connectivity index (χ3v) is 3.02. The molecule has 0 unspecified atom stereocenters. The number of H-pyrrole nitrogens is 1. The van der Waals surface area contributed by atoms with Crippen LogP contribution in [0.1, 0.15) is 24.2 Å². The van der Waals surface area contributed by atoms with Crippen LogP contribution >= 0.6 is 0 Å². The molecule has 0 aliphatic carbocycles. The second-order valence-electron chi connectivity index (χ2n) is 4.68. The minimum Gasteiger partial charge on any atom is -0.394 e. The Kier molecular flexibility index (Phi) is 3.62. The summed E-state index contributed by atoms with van der Waals surface area (Å²) in [4.78, 5) is 12.0. The molecule has 5 heteroatoms. The van der Waals surface area contributed by atoms with E-state index in [4.69, 9.17) is 0 Å². The van der Waals surface area contributed by atoms with Gasteiger partial charge in [-0.1, -0.05) is 19.9 Å². The first kappa shape index (κ1) is 12.6. The van der Waals surface area contributed by atoms with Crippen molar-refractivity contribution in [3.05, 3.63) is 30.0 Å². The van der Waals surface area contributed by atoms with Crippen molar-refractivity contribution in [1.82, 2.24) is 15.5 Å². The fourth-order valence-corrected chi connectivity index (χ4v) is 1.75. The van der Waals surface area contributed by atoms with Gasteiger partial charge in [-0.2, -0.15) is 5.10 Å². The average molecular weight is 247 g/mol. The largest absolute Gasteiger partial charge is 0.394 e. The van der Waals surface area contributed by atoms with Crippen LogP contribution in [0.5, 0.6) is 0 Å². The summed E-state index contributed by atoms with van der Waals surface area (Å²) in [6.45, 7) is 3.86. The number of hydrogen-bond donors (Lipinski definition) is 3. The lowest BCUT2D eigenvalue weighted by Gasteiger charge is -2.19. The number of aliphatic hydroxyl groups is 1. The molecule has 18 heavy (non-hydrogen) atoms. The Hall–Kier alpha value is -1.88. The summed E-state index contributed by atoms with van der Waals surface area (Å²) >= 11 is 0. The lowest BCUT2D eigenvalue weighted by Crippen LogP contribution is -2.41. The predicted octanol–water partition coefficient (Wildman–Crippen LogP) is 1.31. The van der Waals surface area contributed by atoms with Gasteiger partial charge >= 0.3 is 0 Å².